The summed E-state index contributed by atoms with van der Waals surface area (Å²) in [4.78, 5) is 34.2. The molecule has 4 aliphatic rings. The number of aromatic nitrogens is 1. The molecule has 2 aromatic rings. The number of carbonyl (C=O) groups is 2. The summed E-state index contributed by atoms with van der Waals surface area (Å²) in [5.74, 6) is 0.0583. The van der Waals surface area contributed by atoms with Gasteiger partial charge in [-0.05, 0) is 61.1 Å². The number of morpholine rings is 1. The molecule has 1 aromatic heterocycles. The maximum absolute atomic E-state index is 12.8. The summed E-state index contributed by atoms with van der Waals surface area (Å²) in [5, 5.41) is 3.22. The topological polar surface area (TPSA) is 74.8 Å². The van der Waals surface area contributed by atoms with Crippen LogP contribution in [0.4, 0.5) is 4.79 Å². The predicted octanol–water partition coefficient (Wildman–Crippen LogP) is 4.83. The van der Waals surface area contributed by atoms with Gasteiger partial charge < -0.3 is 19.9 Å². The van der Waals surface area contributed by atoms with Crippen LogP contribution in [0.1, 0.15) is 60.6 Å². The Morgan fingerprint density at radius 1 is 1.00 bits per heavy atom. The highest BCUT2D eigenvalue weighted by Gasteiger charge is 2.28. The van der Waals surface area contributed by atoms with Crippen molar-refractivity contribution >= 4 is 17.5 Å². The average molecular weight is 513 g/mol. The van der Waals surface area contributed by atoms with Crippen LogP contribution in [0.5, 0.6) is 0 Å². The Hall–Kier alpha value is -3.45. The first kappa shape index (κ1) is 24.9. The van der Waals surface area contributed by atoms with E-state index in [1.54, 1.807) is 0 Å². The fourth-order valence-corrected chi connectivity index (χ4v) is 6.20. The van der Waals surface area contributed by atoms with Crippen LogP contribution in [-0.2, 0) is 11.2 Å². The van der Waals surface area contributed by atoms with Gasteiger partial charge in [-0.25, -0.2) is 4.79 Å². The maximum atomic E-state index is 12.8. The fraction of sp³-hybridized carbons (Fsp3) is 0.452. The van der Waals surface area contributed by atoms with Crippen molar-refractivity contribution in [3.63, 3.8) is 0 Å². The normalized spacial score (nSPS) is 20.0. The second kappa shape index (κ2) is 10.7. The molecule has 38 heavy (non-hydrogen) atoms. The minimum absolute atomic E-state index is 0.0583. The number of rotatable bonds is 4. The second-order valence-corrected chi connectivity index (χ2v) is 10.9. The standard InChI is InChI=1S/C31H36N4O3/c1-21-18-28-27(29(21)23-10-12-35(13-11-23)31(37)33-26-4-2-3-5-26)19-25(20-32-28)22-6-8-24(9-7-22)30(36)34-14-16-38-17-15-34/h6-10,19-20,26H,2-5,11-18H2,1H3,(H,33,37). The van der Waals surface area contributed by atoms with Crippen molar-refractivity contribution in [3.05, 3.63) is 70.6 Å². The molecular weight excluding hydrogens is 476 g/mol. The van der Waals surface area contributed by atoms with Crippen LogP contribution in [0.2, 0.25) is 0 Å². The third kappa shape index (κ3) is 4.99. The zero-order chi connectivity index (χ0) is 26.1. The lowest BCUT2D eigenvalue weighted by molar-refractivity contribution is 0.0303. The molecule has 1 N–H and O–H groups in total. The van der Waals surface area contributed by atoms with E-state index < -0.39 is 0 Å². The average Bonchev–Trinajstić information content (AvgIpc) is 3.59. The second-order valence-electron chi connectivity index (χ2n) is 10.9. The number of hydrogen-bond donors (Lipinski definition) is 1. The number of urea groups is 1. The molecule has 1 aromatic carbocycles. The Kier molecular flexibility index (Phi) is 7.02. The molecule has 0 unspecified atom stereocenters. The van der Waals surface area contributed by atoms with Crippen molar-refractivity contribution in [2.24, 2.45) is 0 Å². The predicted molar refractivity (Wildman–Crippen MR) is 148 cm³/mol. The van der Waals surface area contributed by atoms with Gasteiger partial charge in [-0.3, -0.25) is 9.78 Å². The Labute approximate surface area is 224 Å². The number of allylic oxidation sites excluding steroid dienone is 2. The van der Waals surface area contributed by atoms with Crippen molar-refractivity contribution in [3.8, 4) is 11.1 Å². The molecule has 3 heterocycles. The summed E-state index contributed by atoms with van der Waals surface area (Å²) in [6.07, 6.45) is 10.5. The summed E-state index contributed by atoms with van der Waals surface area (Å²) in [7, 11) is 0. The van der Waals surface area contributed by atoms with E-state index in [1.165, 1.54) is 35.1 Å². The first-order valence-corrected chi connectivity index (χ1v) is 14.0. The number of fused-ring (bicyclic) bond motifs is 1. The lowest BCUT2D eigenvalue weighted by atomic mass is 9.92. The van der Waals surface area contributed by atoms with Gasteiger partial charge in [0, 0.05) is 61.5 Å². The molecule has 3 amide bonds. The minimum atomic E-state index is 0.0583. The third-order valence-corrected chi connectivity index (χ3v) is 8.36. The third-order valence-electron chi connectivity index (χ3n) is 8.36. The summed E-state index contributed by atoms with van der Waals surface area (Å²) < 4.78 is 5.37. The molecule has 2 aliphatic heterocycles. The van der Waals surface area contributed by atoms with Crippen LogP contribution in [0, 0.1) is 0 Å². The van der Waals surface area contributed by atoms with Crippen molar-refractivity contribution < 1.29 is 14.3 Å². The molecule has 0 radical (unpaired) electrons. The van der Waals surface area contributed by atoms with E-state index in [4.69, 9.17) is 9.72 Å². The zero-order valence-electron chi connectivity index (χ0n) is 22.2. The summed E-state index contributed by atoms with van der Waals surface area (Å²) >= 11 is 0. The Morgan fingerprint density at radius 2 is 1.76 bits per heavy atom. The van der Waals surface area contributed by atoms with Crippen molar-refractivity contribution in [2.75, 3.05) is 39.4 Å². The summed E-state index contributed by atoms with van der Waals surface area (Å²) in [5.41, 5.74) is 9.07. The number of nitrogens with one attached hydrogen (secondary N) is 1. The molecule has 2 aliphatic carbocycles. The minimum Gasteiger partial charge on any atom is -0.378 e. The summed E-state index contributed by atoms with van der Waals surface area (Å²) in [6.45, 7) is 6.06. The highest BCUT2D eigenvalue weighted by atomic mass is 16.5. The number of hydrogen-bond acceptors (Lipinski definition) is 4. The SMILES string of the molecule is CC1=C(C2=CCN(C(=O)NC3CCCC3)CC2)c2cc(-c3ccc(C(=O)N4CCOCC4)cc3)cnc2C1. The Balaban J connectivity index is 1.17. The van der Waals surface area contributed by atoms with Crippen LogP contribution in [0.3, 0.4) is 0 Å². The maximum Gasteiger partial charge on any atom is 0.317 e. The lowest BCUT2D eigenvalue weighted by Crippen LogP contribution is -2.45. The van der Waals surface area contributed by atoms with E-state index in [0.29, 0.717) is 44.5 Å². The fourth-order valence-electron chi connectivity index (χ4n) is 6.20. The van der Waals surface area contributed by atoms with Gasteiger partial charge in [0.25, 0.3) is 5.91 Å². The lowest BCUT2D eigenvalue weighted by Gasteiger charge is -2.29. The van der Waals surface area contributed by atoms with Gasteiger partial charge in [0.05, 0.1) is 18.9 Å². The number of amides is 3. The monoisotopic (exact) mass is 512 g/mol. The molecule has 1 saturated heterocycles. The van der Waals surface area contributed by atoms with Crippen molar-refractivity contribution in [1.29, 1.82) is 0 Å². The molecule has 7 nitrogen and oxygen atoms in total. The largest absolute Gasteiger partial charge is 0.378 e. The molecule has 7 heteroatoms. The van der Waals surface area contributed by atoms with E-state index in [1.807, 2.05) is 40.3 Å². The number of benzene rings is 1. The van der Waals surface area contributed by atoms with Crippen molar-refractivity contribution in [1.82, 2.24) is 20.1 Å². The number of pyridine rings is 1. The molecule has 0 spiro atoms. The number of carbonyl (C=O) groups excluding carboxylic acids is 2. The van der Waals surface area contributed by atoms with Crippen LogP contribution in [0.25, 0.3) is 16.7 Å². The molecule has 0 bridgehead atoms. The van der Waals surface area contributed by atoms with E-state index in [9.17, 15) is 9.59 Å². The van der Waals surface area contributed by atoms with Crippen LogP contribution < -0.4 is 5.32 Å². The molecule has 1 saturated carbocycles. The van der Waals surface area contributed by atoms with Crippen molar-refractivity contribution in [2.45, 2.75) is 51.5 Å². The van der Waals surface area contributed by atoms with Crippen LogP contribution in [-0.4, -0.2) is 72.2 Å². The van der Waals surface area contributed by atoms with Gasteiger partial charge in [0.1, 0.15) is 0 Å². The van der Waals surface area contributed by atoms with E-state index in [2.05, 4.69) is 24.4 Å². The zero-order valence-corrected chi connectivity index (χ0v) is 22.2. The summed E-state index contributed by atoms with van der Waals surface area (Å²) in [6, 6.07) is 10.5. The Bertz CT molecular complexity index is 1280. The van der Waals surface area contributed by atoms with Gasteiger partial charge >= 0.3 is 6.03 Å². The number of nitrogens with zero attached hydrogens (tertiary/aromatic N) is 3. The van der Waals surface area contributed by atoms with Gasteiger partial charge in [0.15, 0.2) is 0 Å². The van der Waals surface area contributed by atoms with Gasteiger partial charge in [-0.1, -0.05) is 36.6 Å². The van der Waals surface area contributed by atoms with E-state index >= 15 is 0 Å². The first-order chi connectivity index (χ1) is 18.6. The van der Waals surface area contributed by atoms with Crippen LogP contribution >= 0.6 is 0 Å². The molecule has 198 valence electrons. The Morgan fingerprint density at radius 3 is 2.47 bits per heavy atom. The molecular formula is C31H36N4O3. The van der Waals surface area contributed by atoms with E-state index in [0.717, 1.165) is 49.0 Å². The van der Waals surface area contributed by atoms with Gasteiger partial charge in [-0.15, -0.1) is 0 Å². The van der Waals surface area contributed by atoms with Crippen LogP contribution in [0.15, 0.2) is 53.8 Å². The molecule has 0 atom stereocenters. The van der Waals surface area contributed by atoms with Gasteiger partial charge in [0.2, 0.25) is 0 Å². The highest BCUT2D eigenvalue weighted by Crippen LogP contribution is 2.40. The molecule has 2 fully saturated rings. The number of ether oxygens (including phenoxy) is 1. The first-order valence-electron chi connectivity index (χ1n) is 14.0. The quantitative estimate of drug-likeness (QED) is 0.637. The van der Waals surface area contributed by atoms with Gasteiger partial charge in [-0.2, -0.15) is 0 Å². The molecule has 6 rings (SSSR count). The highest BCUT2D eigenvalue weighted by molar-refractivity contribution is 5.95. The van der Waals surface area contributed by atoms with E-state index in [-0.39, 0.29) is 11.9 Å². The smallest absolute Gasteiger partial charge is 0.317 e.